The number of aromatic amines is 2. The average Bonchev–Trinajstić information content (AvgIpc) is 3.73. The second-order valence-corrected chi connectivity index (χ2v) is 24.2. The molecule has 5 aromatic carbocycles. The molecule has 25 heteroatoms. The van der Waals surface area contributed by atoms with Gasteiger partial charge in [0.1, 0.15) is 17.7 Å². The van der Waals surface area contributed by atoms with Crippen molar-refractivity contribution in [3.8, 4) is 33.9 Å². The maximum absolute atomic E-state index is 14.1. The molecule has 462 valence electrons. The van der Waals surface area contributed by atoms with Crippen LogP contribution in [0.3, 0.4) is 0 Å². The van der Waals surface area contributed by atoms with Gasteiger partial charge in [0, 0.05) is 84.4 Å². The Morgan fingerprint density at radius 3 is 1.76 bits per heavy atom. The minimum atomic E-state index is -1.05. The first-order valence-corrected chi connectivity index (χ1v) is 30.0. The fraction of sp³-hybridized carbons (Fsp3) is 0.381. The van der Waals surface area contributed by atoms with E-state index in [0.717, 1.165) is 63.5 Å². The van der Waals surface area contributed by atoms with Crippen LogP contribution in [0.1, 0.15) is 93.6 Å². The Morgan fingerprint density at radius 1 is 0.670 bits per heavy atom. The van der Waals surface area contributed by atoms with Crippen molar-refractivity contribution in [1.82, 2.24) is 62.1 Å². The number of carboxylic acid groups (broad SMARTS) is 1. The molecule has 2 aliphatic carbocycles. The van der Waals surface area contributed by atoms with E-state index in [2.05, 4.69) is 78.4 Å². The van der Waals surface area contributed by atoms with Crippen LogP contribution in [-0.2, 0) is 36.8 Å². The van der Waals surface area contributed by atoms with Gasteiger partial charge in [-0.2, -0.15) is 10.4 Å². The van der Waals surface area contributed by atoms with Gasteiger partial charge in [0.05, 0.1) is 0 Å². The molecule has 2 atom stereocenters. The summed E-state index contributed by atoms with van der Waals surface area (Å²) in [6, 6.07) is 35.1. The minimum Gasteiger partial charge on any atom is -0.465 e. The molecular weight excluding hydrogens is 1190 g/mol. The highest BCUT2D eigenvalue weighted by molar-refractivity contribution is 9.10. The number of nitrogens with two attached hydrogens (primary N) is 1. The highest BCUT2D eigenvalue weighted by Gasteiger charge is 2.37. The Balaban J connectivity index is 0.000000230. The van der Waals surface area contributed by atoms with E-state index in [1.807, 2.05) is 87.5 Å². The van der Waals surface area contributed by atoms with E-state index in [0.29, 0.717) is 67.4 Å². The fourth-order valence-corrected chi connectivity index (χ4v) is 11.3. The van der Waals surface area contributed by atoms with E-state index in [9.17, 15) is 33.6 Å². The number of rotatable bonds is 20. The van der Waals surface area contributed by atoms with Crippen molar-refractivity contribution in [1.29, 1.82) is 0 Å². The van der Waals surface area contributed by atoms with Gasteiger partial charge in [0.15, 0.2) is 0 Å². The third-order valence-electron chi connectivity index (χ3n) is 15.4. The summed E-state index contributed by atoms with van der Waals surface area (Å²) < 4.78 is 6.21. The second-order valence-electron chi connectivity index (χ2n) is 23.3. The Morgan fingerprint density at radius 2 is 1.22 bits per heavy atom. The zero-order valence-corrected chi connectivity index (χ0v) is 51.3. The van der Waals surface area contributed by atoms with Crippen LogP contribution in [0.15, 0.2) is 126 Å². The topological polar surface area (TPSA) is 338 Å². The number of hydrogen-bond donors (Lipinski definition) is 8. The van der Waals surface area contributed by atoms with Gasteiger partial charge in [-0.25, -0.2) is 9.59 Å². The Kier molecular flexibility index (Phi) is 22.2. The maximum atomic E-state index is 14.1. The fourth-order valence-electron chi connectivity index (χ4n) is 10.9. The molecule has 88 heavy (non-hydrogen) atoms. The smallest absolute Gasteiger partial charge is 0.407 e. The molecule has 2 saturated carbocycles. The lowest BCUT2D eigenvalue weighted by Crippen LogP contribution is -2.52. The van der Waals surface area contributed by atoms with Crippen LogP contribution in [0.5, 0.6) is 0 Å². The first kappa shape index (κ1) is 64.6. The van der Waals surface area contributed by atoms with Crippen molar-refractivity contribution in [2.75, 3.05) is 37.4 Å². The van der Waals surface area contributed by atoms with Crippen molar-refractivity contribution >= 4 is 69.0 Å². The van der Waals surface area contributed by atoms with Crippen molar-refractivity contribution in [2.45, 2.75) is 103 Å². The molecule has 24 nitrogen and oxygen atoms in total. The van der Waals surface area contributed by atoms with E-state index in [1.54, 1.807) is 73.6 Å². The van der Waals surface area contributed by atoms with E-state index >= 15 is 0 Å². The molecule has 2 aromatic heterocycles. The van der Waals surface area contributed by atoms with Gasteiger partial charge in [-0.1, -0.05) is 64.5 Å². The van der Waals surface area contributed by atoms with Gasteiger partial charge in [0.25, 0.3) is 5.91 Å². The predicted molar refractivity (Wildman–Crippen MR) is 333 cm³/mol. The number of hydrogen-bond acceptors (Lipinski definition) is 14. The Bertz CT molecular complexity index is 3490. The summed E-state index contributed by atoms with van der Waals surface area (Å²) in [5.74, 6) is -0.682. The summed E-state index contributed by atoms with van der Waals surface area (Å²) in [4.78, 5) is 92.8. The normalized spacial score (nSPS) is 17.1. The number of nitrogens with one attached hydrogen (secondary N) is 6. The number of aromatic nitrogens is 8. The van der Waals surface area contributed by atoms with Crippen molar-refractivity contribution < 1.29 is 43.4 Å². The minimum absolute atomic E-state index is 0.0973. The van der Waals surface area contributed by atoms with Crippen LogP contribution in [0.2, 0.25) is 0 Å². The molecule has 9 rings (SSSR count). The van der Waals surface area contributed by atoms with Crippen molar-refractivity contribution in [2.24, 2.45) is 29.4 Å². The van der Waals surface area contributed by atoms with Crippen LogP contribution in [-0.4, -0.2) is 138 Å². The van der Waals surface area contributed by atoms with E-state index in [4.69, 9.17) is 15.6 Å². The number of primary amides is 1. The lowest BCUT2D eigenvalue weighted by atomic mass is 9.81. The Hall–Kier alpha value is -9.39. The summed E-state index contributed by atoms with van der Waals surface area (Å²) in [6.45, 7) is 6.32. The molecule has 2 aliphatic rings. The monoisotopic (exact) mass is 1260 g/mol. The van der Waals surface area contributed by atoms with E-state index in [1.165, 1.54) is 4.90 Å². The molecule has 0 bridgehead atoms. The summed E-state index contributed by atoms with van der Waals surface area (Å²) in [5, 5.41) is 48.1. The maximum Gasteiger partial charge on any atom is 0.407 e. The number of carbonyl (C=O) groups is 7. The number of anilines is 2. The van der Waals surface area contributed by atoms with Gasteiger partial charge in [-0.15, -0.1) is 20.4 Å². The second kappa shape index (κ2) is 30.3. The van der Waals surface area contributed by atoms with Gasteiger partial charge in [-0.3, -0.25) is 28.9 Å². The zero-order chi connectivity index (χ0) is 62.9. The first-order valence-electron chi connectivity index (χ1n) is 29.2. The third kappa shape index (κ3) is 18.6. The first-order chi connectivity index (χ1) is 42.2. The lowest BCUT2D eigenvalue weighted by molar-refractivity contribution is -0.130. The van der Waals surface area contributed by atoms with Crippen LogP contribution in [0.25, 0.3) is 33.9 Å². The zero-order valence-electron chi connectivity index (χ0n) is 49.7. The van der Waals surface area contributed by atoms with Crippen LogP contribution in [0, 0.1) is 23.7 Å². The molecule has 0 spiro atoms. The predicted octanol–water partition coefficient (Wildman–Crippen LogP) is 8.37. The Labute approximate surface area is 518 Å². The molecule has 0 radical (unpaired) electrons. The van der Waals surface area contributed by atoms with E-state index in [-0.39, 0.29) is 60.1 Å². The van der Waals surface area contributed by atoms with Gasteiger partial charge >= 0.3 is 12.2 Å². The molecule has 0 aliphatic heterocycles. The molecule has 7 aromatic rings. The molecule has 7 amide bonds. The summed E-state index contributed by atoms with van der Waals surface area (Å²) >= 11 is 3.48. The van der Waals surface area contributed by atoms with Crippen LogP contribution >= 0.6 is 15.9 Å². The number of halogens is 1. The van der Waals surface area contributed by atoms with Crippen LogP contribution < -0.4 is 31.9 Å². The standard InChI is InChI=1S/C34H38N8O5.C29H36BrN7O4/c1-42(2)33(45)27-8-4-7-26(19-27)25-6-3-5-22(17-25)18-29(37-31(43)24-11-9-21(10-12-24)20-35-34(46)47)32(44)36-28-15-13-23(14-16-28)30-38-40-41-39-30;1-29(2,3)41-28(40)32-17-18-7-9-21(10-8-18)27(39)37(23-13-11-20(12-14-23)26-33-35-36-34-26)24(25(31)38)16-19-5-4-6-22(30)15-19/h3-8,13-17,19,21,24,29,35H,9-12,18,20H2,1-2H3,(H,36,44)(H,37,43)(H,46,47)(H,38,39,40,41);4-6,11-15,18,21,24H,7-10,16-17H2,1-3H3,(H2,31,38)(H,32,40)(H,33,34,35,36)/t21?,24?,29-;18?,21?,24-/m00/s1. The highest BCUT2D eigenvalue weighted by Crippen LogP contribution is 2.34. The SMILES string of the molecule is CC(C)(C)OC(=O)NCC1CCC(C(=O)N(c2ccc(-c3nn[nH]n3)cc2)[C@@H](Cc2cccc(Br)c2)C(N)=O)CC1.CN(C)C(=O)c1cccc(-c2cccc(C[C@H](NC(=O)C3CCC(CNC(=O)O)CC3)C(=O)Nc3ccc(-c4nn[nH]n4)cc3)c2)c1. The molecule has 2 heterocycles. The van der Waals surface area contributed by atoms with Crippen LogP contribution in [0.4, 0.5) is 21.0 Å². The quantitative estimate of drug-likeness (QED) is 0.0355. The van der Waals surface area contributed by atoms with Gasteiger partial charge in [0.2, 0.25) is 35.3 Å². The number of ether oxygens (including phenoxy) is 1. The number of tetrazole rings is 2. The number of benzene rings is 5. The molecule has 0 saturated heterocycles. The third-order valence-corrected chi connectivity index (χ3v) is 15.9. The van der Waals surface area contributed by atoms with Gasteiger partial charge < -0.3 is 41.7 Å². The number of carbonyl (C=O) groups excluding carboxylic acids is 6. The van der Waals surface area contributed by atoms with E-state index < -0.39 is 35.8 Å². The number of alkyl carbamates (subject to hydrolysis) is 1. The number of H-pyrrole nitrogens is 2. The molecule has 9 N–H and O–H groups in total. The summed E-state index contributed by atoms with van der Waals surface area (Å²) in [5.41, 5.74) is 12.0. The van der Waals surface area contributed by atoms with Crippen molar-refractivity contribution in [3.05, 3.63) is 142 Å². The van der Waals surface area contributed by atoms with Crippen molar-refractivity contribution in [3.63, 3.8) is 0 Å². The largest absolute Gasteiger partial charge is 0.465 e. The number of nitrogens with zero attached hydrogens (tertiary/aromatic N) is 8. The summed E-state index contributed by atoms with van der Waals surface area (Å²) in [6.07, 6.45) is 4.49. The molecular formula is C63H74BrN15O9. The summed E-state index contributed by atoms with van der Waals surface area (Å²) in [7, 11) is 3.42. The average molecular weight is 1270 g/mol. The number of amides is 7. The lowest BCUT2D eigenvalue weighted by Gasteiger charge is -2.36. The molecule has 2 fully saturated rings. The highest BCUT2D eigenvalue weighted by atomic mass is 79.9. The van der Waals surface area contributed by atoms with Gasteiger partial charge in [-0.05, 0) is 189 Å². The molecule has 0 unspecified atom stereocenters.